The number of hydrogen-bond donors (Lipinski definition) is 2. The third-order valence-electron chi connectivity index (χ3n) is 7.62. The molecule has 2 aromatic heterocycles. The second-order valence-electron chi connectivity index (χ2n) is 10.7. The second-order valence-corrected chi connectivity index (χ2v) is 12.7. The predicted molar refractivity (Wildman–Crippen MR) is 151 cm³/mol. The molecule has 2 heterocycles. The molecule has 0 unspecified atom stereocenters. The minimum absolute atomic E-state index is 0.0487. The topological polar surface area (TPSA) is 126 Å². The van der Waals surface area contributed by atoms with E-state index in [1.807, 2.05) is 13.8 Å². The first-order valence-corrected chi connectivity index (χ1v) is 14.9. The highest BCUT2D eigenvalue weighted by molar-refractivity contribution is 7.90. The van der Waals surface area contributed by atoms with Crippen LogP contribution in [0.2, 0.25) is 0 Å². The number of nitrogens with two attached hydrogens (primary N) is 2. The Balaban J connectivity index is 1.59. The summed E-state index contributed by atoms with van der Waals surface area (Å²) in [4.78, 5) is 4.36. The average molecular weight is 570 g/mol. The van der Waals surface area contributed by atoms with Gasteiger partial charge in [-0.1, -0.05) is 6.07 Å². The van der Waals surface area contributed by atoms with Crippen LogP contribution in [0.1, 0.15) is 62.6 Å². The van der Waals surface area contributed by atoms with E-state index >= 15 is 8.78 Å². The third kappa shape index (κ3) is 5.15. The minimum Gasteiger partial charge on any atom is -0.497 e. The van der Waals surface area contributed by atoms with Gasteiger partial charge >= 0.3 is 0 Å². The van der Waals surface area contributed by atoms with Crippen LogP contribution in [-0.4, -0.2) is 36.3 Å². The molecule has 4 aromatic rings. The van der Waals surface area contributed by atoms with E-state index in [1.165, 1.54) is 25.3 Å². The smallest absolute Gasteiger partial charge is 0.182 e. The van der Waals surface area contributed by atoms with Crippen LogP contribution in [0, 0.1) is 11.6 Å². The number of halogens is 2. The number of ether oxygens (including phenoxy) is 1. The van der Waals surface area contributed by atoms with Crippen LogP contribution in [0.5, 0.6) is 5.75 Å². The zero-order valence-electron chi connectivity index (χ0n) is 22.7. The molecule has 5 rings (SSSR count). The number of anilines is 1. The molecular formula is C29H33F2N5O3S. The number of hydrogen-bond acceptors (Lipinski definition) is 7. The van der Waals surface area contributed by atoms with Gasteiger partial charge in [-0.15, -0.1) is 0 Å². The first-order chi connectivity index (χ1) is 19.0. The van der Waals surface area contributed by atoms with Gasteiger partial charge < -0.3 is 16.2 Å². The Morgan fingerprint density at radius 3 is 2.50 bits per heavy atom. The van der Waals surface area contributed by atoms with E-state index < -0.39 is 27.2 Å². The van der Waals surface area contributed by atoms with Gasteiger partial charge in [0.05, 0.1) is 28.7 Å². The molecule has 4 N–H and O–H groups in total. The molecule has 1 aliphatic carbocycles. The van der Waals surface area contributed by atoms with E-state index in [9.17, 15) is 8.42 Å². The van der Waals surface area contributed by atoms with Crippen molar-refractivity contribution in [2.45, 2.75) is 68.2 Å². The lowest BCUT2D eigenvalue weighted by Gasteiger charge is -2.27. The van der Waals surface area contributed by atoms with E-state index in [2.05, 4.69) is 4.98 Å². The maximum atomic E-state index is 15.7. The molecule has 8 nitrogen and oxygen atoms in total. The molecule has 0 radical (unpaired) electrons. The molecule has 2 aromatic carbocycles. The van der Waals surface area contributed by atoms with Gasteiger partial charge in [0.15, 0.2) is 9.84 Å². The third-order valence-corrected chi connectivity index (χ3v) is 9.28. The normalized spacial score (nSPS) is 18.0. The minimum atomic E-state index is -3.98. The lowest BCUT2D eigenvalue weighted by atomic mass is 9.82. The van der Waals surface area contributed by atoms with Crippen LogP contribution in [-0.2, 0) is 15.6 Å². The summed E-state index contributed by atoms with van der Waals surface area (Å²) in [5.41, 5.74) is 13.9. The highest BCUT2D eigenvalue weighted by Crippen LogP contribution is 2.42. The van der Waals surface area contributed by atoms with Gasteiger partial charge in [-0.3, -0.25) is 4.68 Å². The largest absolute Gasteiger partial charge is 0.497 e. The summed E-state index contributed by atoms with van der Waals surface area (Å²) < 4.78 is 64.0. The monoisotopic (exact) mass is 569 g/mol. The molecular weight excluding hydrogens is 536 g/mol. The highest BCUT2D eigenvalue weighted by Gasteiger charge is 2.29. The summed E-state index contributed by atoms with van der Waals surface area (Å²) in [6.07, 6.45) is 5.31. The van der Waals surface area contributed by atoms with E-state index in [0.29, 0.717) is 11.1 Å². The maximum Gasteiger partial charge on any atom is 0.182 e. The van der Waals surface area contributed by atoms with Gasteiger partial charge in [0.25, 0.3) is 0 Å². The fourth-order valence-electron chi connectivity index (χ4n) is 5.47. The average Bonchev–Trinajstić information content (AvgIpc) is 3.33. The Hall–Kier alpha value is -3.57. The number of nitrogen functional groups attached to an aromatic ring is 1. The van der Waals surface area contributed by atoms with Crippen molar-refractivity contribution in [2.24, 2.45) is 5.73 Å². The quantitative estimate of drug-likeness (QED) is 0.301. The number of sulfone groups is 1. The van der Waals surface area contributed by atoms with Crippen molar-refractivity contribution >= 4 is 26.6 Å². The number of aromatic nitrogens is 3. The molecule has 0 saturated heterocycles. The maximum absolute atomic E-state index is 15.7. The van der Waals surface area contributed by atoms with E-state index in [1.54, 1.807) is 16.9 Å². The van der Waals surface area contributed by atoms with Crippen molar-refractivity contribution < 1.29 is 21.9 Å². The molecule has 11 heteroatoms. The van der Waals surface area contributed by atoms with Gasteiger partial charge in [-0.25, -0.2) is 22.2 Å². The van der Waals surface area contributed by atoms with Crippen LogP contribution in [0.3, 0.4) is 0 Å². The van der Waals surface area contributed by atoms with Crippen LogP contribution in [0.4, 0.5) is 14.6 Å². The molecule has 1 saturated carbocycles. The summed E-state index contributed by atoms with van der Waals surface area (Å²) in [7, 11) is -2.56. The van der Waals surface area contributed by atoms with E-state index in [0.717, 1.165) is 48.9 Å². The molecule has 1 aliphatic rings. The predicted octanol–water partition coefficient (Wildman–Crippen LogP) is 5.51. The summed E-state index contributed by atoms with van der Waals surface area (Å²) in [6, 6.07) is 7.84. The summed E-state index contributed by atoms with van der Waals surface area (Å²) in [5.74, 6) is -1.68. The van der Waals surface area contributed by atoms with Crippen molar-refractivity contribution in [1.82, 2.24) is 14.8 Å². The number of fused-ring (bicyclic) bond motifs is 1. The molecule has 0 aliphatic heterocycles. The van der Waals surface area contributed by atoms with Crippen molar-refractivity contribution in [3.8, 4) is 17.0 Å². The summed E-state index contributed by atoms with van der Waals surface area (Å²) >= 11 is 0. The van der Waals surface area contributed by atoms with Crippen LogP contribution in [0.15, 0.2) is 47.5 Å². The number of benzene rings is 2. The molecule has 1 fully saturated rings. The SMILES string of the molecule is COc1cccc(S(=O)(=O)Cc2cc(F)c(-c3nn(C(C)C)c4c(C5CCC(N)CC5)cnc(N)c34)cc2F)c1. The lowest BCUT2D eigenvalue weighted by Crippen LogP contribution is -2.26. The zero-order chi connectivity index (χ0) is 28.8. The molecule has 40 heavy (non-hydrogen) atoms. The van der Waals surface area contributed by atoms with E-state index in [-0.39, 0.29) is 45.5 Å². The fraction of sp³-hybridized carbons (Fsp3) is 0.379. The molecule has 0 spiro atoms. The van der Waals surface area contributed by atoms with Crippen molar-refractivity contribution in [3.63, 3.8) is 0 Å². The lowest BCUT2D eigenvalue weighted by molar-refractivity contribution is 0.395. The van der Waals surface area contributed by atoms with Crippen molar-refractivity contribution in [1.29, 1.82) is 0 Å². The number of nitrogens with zero attached hydrogens (tertiary/aromatic N) is 3. The van der Waals surface area contributed by atoms with Crippen molar-refractivity contribution in [2.75, 3.05) is 12.8 Å². The number of pyridine rings is 1. The second kappa shape index (κ2) is 10.8. The Morgan fingerprint density at radius 2 is 1.82 bits per heavy atom. The zero-order valence-corrected chi connectivity index (χ0v) is 23.5. The van der Waals surface area contributed by atoms with Crippen LogP contribution < -0.4 is 16.2 Å². The summed E-state index contributed by atoms with van der Waals surface area (Å²) in [6.45, 7) is 3.91. The van der Waals surface area contributed by atoms with E-state index in [4.69, 9.17) is 21.3 Å². The van der Waals surface area contributed by atoms with Gasteiger partial charge in [0, 0.05) is 29.4 Å². The van der Waals surface area contributed by atoms with Crippen LogP contribution in [0.25, 0.3) is 22.2 Å². The van der Waals surface area contributed by atoms with Gasteiger partial charge in [0.2, 0.25) is 0 Å². The fourth-order valence-corrected chi connectivity index (χ4v) is 6.85. The highest BCUT2D eigenvalue weighted by atomic mass is 32.2. The molecule has 0 atom stereocenters. The Labute approximate surface area is 232 Å². The van der Waals surface area contributed by atoms with Gasteiger partial charge in [-0.05, 0) is 81.3 Å². The standard InChI is InChI=1S/C29H33F2N5O3S/c1-16(2)36-28-23(17-7-9-19(32)10-8-17)14-34-29(33)26(28)27(35-36)22-13-24(30)18(11-25(22)31)15-40(37,38)21-6-4-5-20(12-21)39-3/h4-6,11-14,16-17,19H,7-10,15,32H2,1-3H3,(H2,33,34). The Kier molecular flexibility index (Phi) is 7.54. The first kappa shape index (κ1) is 28.0. The molecule has 212 valence electrons. The van der Waals surface area contributed by atoms with Crippen molar-refractivity contribution in [3.05, 3.63) is 65.4 Å². The number of rotatable bonds is 7. The molecule has 0 amide bonds. The van der Waals surface area contributed by atoms with Gasteiger partial charge in [0.1, 0.15) is 28.9 Å². The Morgan fingerprint density at radius 1 is 1.10 bits per heavy atom. The number of methoxy groups -OCH3 is 1. The first-order valence-electron chi connectivity index (χ1n) is 13.3. The van der Waals surface area contributed by atoms with Gasteiger partial charge in [-0.2, -0.15) is 5.10 Å². The Bertz CT molecular complexity index is 1680. The molecule has 0 bridgehead atoms. The summed E-state index contributed by atoms with van der Waals surface area (Å²) in [5, 5.41) is 5.15. The van der Waals surface area contributed by atoms with Crippen LogP contribution >= 0.6 is 0 Å².